The van der Waals surface area contributed by atoms with Crippen molar-refractivity contribution in [1.82, 2.24) is 4.98 Å². The molecule has 2 atom stereocenters. The van der Waals surface area contributed by atoms with Gasteiger partial charge < -0.3 is 9.47 Å². The third-order valence-electron chi connectivity index (χ3n) is 4.15. The van der Waals surface area contributed by atoms with Crippen LogP contribution in [0.3, 0.4) is 0 Å². The Morgan fingerprint density at radius 1 is 1.09 bits per heavy atom. The van der Waals surface area contributed by atoms with E-state index in [4.69, 9.17) is 9.47 Å². The van der Waals surface area contributed by atoms with Crippen LogP contribution in [0.5, 0.6) is 0 Å². The predicted molar refractivity (Wildman–Crippen MR) is 81.6 cm³/mol. The van der Waals surface area contributed by atoms with E-state index in [1.54, 1.807) is 11.1 Å². The van der Waals surface area contributed by atoms with Gasteiger partial charge >= 0.3 is 6.09 Å². The van der Waals surface area contributed by atoms with Gasteiger partial charge in [0.15, 0.2) is 0 Å². The first-order chi connectivity index (χ1) is 10.8. The molecule has 2 aliphatic rings. The SMILES string of the molecule is O=C1OC2COCCC2N1c1ccc(-c2ccccc2)cn1. The molecule has 0 bridgehead atoms. The van der Waals surface area contributed by atoms with Crippen LogP contribution in [0.4, 0.5) is 10.6 Å². The zero-order valence-corrected chi connectivity index (χ0v) is 12.0. The van der Waals surface area contributed by atoms with Crippen LogP contribution in [-0.2, 0) is 9.47 Å². The summed E-state index contributed by atoms with van der Waals surface area (Å²) in [5.41, 5.74) is 2.13. The Hall–Kier alpha value is -2.40. The zero-order valence-electron chi connectivity index (χ0n) is 12.0. The number of ether oxygens (including phenoxy) is 2. The number of amides is 1. The van der Waals surface area contributed by atoms with Crippen LogP contribution in [0.1, 0.15) is 6.42 Å². The van der Waals surface area contributed by atoms with Crippen molar-refractivity contribution in [3.63, 3.8) is 0 Å². The van der Waals surface area contributed by atoms with E-state index in [9.17, 15) is 4.79 Å². The lowest BCUT2D eigenvalue weighted by molar-refractivity contribution is 0.000131. The molecule has 4 rings (SSSR count). The van der Waals surface area contributed by atoms with Crippen molar-refractivity contribution in [2.45, 2.75) is 18.6 Å². The van der Waals surface area contributed by atoms with E-state index in [1.165, 1.54) is 0 Å². The molecule has 22 heavy (non-hydrogen) atoms. The molecule has 0 aliphatic carbocycles. The molecule has 2 aromatic rings. The lowest BCUT2D eigenvalue weighted by Crippen LogP contribution is -2.42. The second-order valence-electron chi connectivity index (χ2n) is 5.49. The Bertz CT molecular complexity index is 672. The van der Waals surface area contributed by atoms with E-state index >= 15 is 0 Å². The number of anilines is 1. The normalized spacial score (nSPS) is 24.0. The Morgan fingerprint density at radius 2 is 1.95 bits per heavy atom. The summed E-state index contributed by atoms with van der Waals surface area (Å²) >= 11 is 0. The zero-order chi connectivity index (χ0) is 14.9. The smallest absolute Gasteiger partial charge is 0.416 e. The van der Waals surface area contributed by atoms with Gasteiger partial charge in [-0.15, -0.1) is 0 Å². The first-order valence-electron chi connectivity index (χ1n) is 7.42. The molecule has 5 heteroatoms. The highest BCUT2D eigenvalue weighted by Crippen LogP contribution is 2.31. The predicted octanol–water partition coefficient (Wildman–Crippen LogP) is 2.86. The number of nitrogens with zero attached hydrogens (tertiary/aromatic N) is 2. The molecule has 2 aliphatic heterocycles. The number of fused-ring (bicyclic) bond motifs is 1. The van der Waals surface area contributed by atoms with Gasteiger partial charge in [-0.05, 0) is 24.1 Å². The average Bonchev–Trinajstić information content (AvgIpc) is 2.91. The fourth-order valence-electron chi connectivity index (χ4n) is 3.02. The molecular weight excluding hydrogens is 280 g/mol. The number of aromatic nitrogens is 1. The van der Waals surface area contributed by atoms with Crippen LogP contribution in [0.25, 0.3) is 11.1 Å². The molecule has 0 saturated carbocycles. The first kappa shape index (κ1) is 13.3. The van der Waals surface area contributed by atoms with Gasteiger partial charge in [-0.1, -0.05) is 30.3 Å². The van der Waals surface area contributed by atoms with Crippen LogP contribution in [0.2, 0.25) is 0 Å². The van der Waals surface area contributed by atoms with Gasteiger partial charge in [-0.3, -0.25) is 4.90 Å². The topological polar surface area (TPSA) is 51.7 Å². The lowest BCUT2D eigenvalue weighted by Gasteiger charge is -2.27. The lowest BCUT2D eigenvalue weighted by atomic mass is 10.1. The summed E-state index contributed by atoms with van der Waals surface area (Å²) in [7, 11) is 0. The van der Waals surface area contributed by atoms with Crippen molar-refractivity contribution < 1.29 is 14.3 Å². The Kier molecular flexibility index (Phi) is 3.27. The van der Waals surface area contributed by atoms with E-state index in [2.05, 4.69) is 4.98 Å². The summed E-state index contributed by atoms with van der Waals surface area (Å²) in [5.74, 6) is 0.638. The first-order valence-corrected chi connectivity index (χ1v) is 7.42. The summed E-state index contributed by atoms with van der Waals surface area (Å²) in [6.07, 6.45) is 2.06. The van der Waals surface area contributed by atoms with Crippen molar-refractivity contribution in [2.24, 2.45) is 0 Å². The van der Waals surface area contributed by atoms with E-state index in [1.807, 2.05) is 42.5 Å². The second kappa shape index (κ2) is 5.42. The average molecular weight is 296 g/mol. The molecule has 2 saturated heterocycles. The molecule has 1 amide bonds. The standard InChI is InChI=1S/C17H16N2O3/c20-17-19(14-8-9-21-11-15(14)22-17)16-7-6-13(10-18-16)12-4-2-1-3-5-12/h1-7,10,14-15H,8-9,11H2. The van der Waals surface area contributed by atoms with Crippen molar-refractivity contribution in [3.05, 3.63) is 48.7 Å². The highest BCUT2D eigenvalue weighted by molar-refractivity contribution is 5.89. The van der Waals surface area contributed by atoms with E-state index in [0.29, 0.717) is 19.0 Å². The van der Waals surface area contributed by atoms with Crippen molar-refractivity contribution >= 4 is 11.9 Å². The van der Waals surface area contributed by atoms with Gasteiger partial charge in [0.1, 0.15) is 11.9 Å². The molecule has 1 aromatic carbocycles. The fourth-order valence-corrected chi connectivity index (χ4v) is 3.02. The molecule has 1 aromatic heterocycles. The Morgan fingerprint density at radius 3 is 2.73 bits per heavy atom. The minimum Gasteiger partial charge on any atom is -0.441 e. The van der Waals surface area contributed by atoms with E-state index in [0.717, 1.165) is 17.5 Å². The minimum atomic E-state index is -0.333. The second-order valence-corrected chi connectivity index (χ2v) is 5.49. The monoisotopic (exact) mass is 296 g/mol. The highest BCUT2D eigenvalue weighted by Gasteiger charge is 2.44. The van der Waals surface area contributed by atoms with Gasteiger partial charge in [0.05, 0.1) is 12.6 Å². The molecule has 0 radical (unpaired) electrons. The van der Waals surface area contributed by atoms with Gasteiger partial charge in [-0.25, -0.2) is 9.78 Å². The molecule has 5 nitrogen and oxygen atoms in total. The number of hydrogen-bond donors (Lipinski definition) is 0. The van der Waals surface area contributed by atoms with Gasteiger partial charge in [0.2, 0.25) is 0 Å². The number of pyridine rings is 1. The van der Waals surface area contributed by atoms with Crippen LogP contribution in [0, 0.1) is 0 Å². The largest absolute Gasteiger partial charge is 0.441 e. The summed E-state index contributed by atoms with van der Waals surface area (Å²) in [6.45, 7) is 1.12. The van der Waals surface area contributed by atoms with Gasteiger partial charge in [-0.2, -0.15) is 0 Å². The number of rotatable bonds is 2. The Labute approximate surface area is 128 Å². The Balaban J connectivity index is 1.62. The van der Waals surface area contributed by atoms with Gasteiger partial charge in [0, 0.05) is 18.4 Å². The molecular formula is C17H16N2O3. The van der Waals surface area contributed by atoms with Crippen molar-refractivity contribution in [3.8, 4) is 11.1 Å². The van der Waals surface area contributed by atoms with Crippen LogP contribution < -0.4 is 4.90 Å². The van der Waals surface area contributed by atoms with Crippen molar-refractivity contribution in [1.29, 1.82) is 0 Å². The highest BCUT2D eigenvalue weighted by atomic mass is 16.6. The maximum absolute atomic E-state index is 12.1. The van der Waals surface area contributed by atoms with Gasteiger partial charge in [0.25, 0.3) is 0 Å². The third-order valence-corrected chi connectivity index (χ3v) is 4.15. The van der Waals surface area contributed by atoms with E-state index in [-0.39, 0.29) is 18.2 Å². The molecule has 2 unspecified atom stereocenters. The minimum absolute atomic E-state index is 0.0244. The number of benzene rings is 1. The summed E-state index contributed by atoms with van der Waals surface area (Å²) < 4.78 is 10.7. The summed E-state index contributed by atoms with van der Waals surface area (Å²) in [6, 6.07) is 13.9. The molecule has 112 valence electrons. The number of hydrogen-bond acceptors (Lipinski definition) is 4. The quantitative estimate of drug-likeness (QED) is 0.855. The van der Waals surface area contributed by atoms with Crippen molar-refractivity contribution in [2.75, 3.05) is 18.1 Å². The molecule has 0 N–H and O–H groups in total. The van der Waals surface area contributed by atoms with Crippen LogP contribution in [0.15, 0.2) is 48.7 Å². The number of carbonyl (C=O) groups is 1. The van der Waals surface area contributed by atoms with Crippen LogP contribution >= 0.6 is 0 Å². The maximum Gasteiger partial charge on any atom is 0.416 e. The number of carbonyl (C=O) groups excluding carboxylic acids is 1. The third kappa shape index (κ3) is 2.23. The summed E-state index contributed by atoms with van der Waals surface area (Å²) in [4.78, 5) is 18.2. The van der Waals surface area contributed by atoms with Crippen LogP contribution in [-0.4, -0.2) is 36.4 Å². The molecule has 0 spiro atoms. The fraction of sp³-hybridized carbons (Fsp3) is 0.294. The molecule has 2 fully saturated rings. The van der Waals surface area contributed by atoms with E-state index < -0.39 is 0 Å². The summed E-state index contributed by atoms with van der Waals surface area (Å²) in [5, 5.41) is 0. The molecule has 3 heterocycles. The maximum atomic E-state index is 12.1.